The van der Waals surface area contributed by atoms with E-state index < -0.39 is 0 Å². The van der Waals surface area contributed by atoms with Crippen LogP contribution in [0.3, 0.4) is 0 Å². The monoisotopic (exact) mass is 258 g/mol. The normalized spacial score (nSPS) is 29.2. The number of likely N-dealkylation sites (tertiary alicyclic amines) is 1. The van der Waals surface area contributed by atoms with E-state index in [1.807, 2.05) is 6.07 Å². The van der Waals surface area contributed by atoms with Gasteiger partial charge in [0.2, 0.25) is 0 Å². The summed E-state index contributed by atoms with van der Waals surface area (Å²) in [7, 11) is 0. The molecule has 2 N–H and O–H groups in total. The lowest BCUT2D eigenvalue weighted by Crippen LogP contribution is -2.48. The summed E-state index contributed by atoms with van der Waals surface area (Å²) in [6, 6.07) is 4.86. The number of nitrogens with zero attached hydrogens (tertiary/aromatic N) is 1. The molecule has 90 valence electrons. The van der Waals surface area contributed by atoms with Crippen LogP contribution in [-0.4, -0.2) is 24.0 Å². The summed E-state index contributed by atoms with van der Waals surface area (Å²) in [5.41, 5.74) is 6.13. The van der Waals surface area contributed by atoms with Gasteiger partial charge in [0.1, 0.15) is 0 Å². The van der Waals surface area contributed by atoms with Crippen molar-refractivity contribution in [2.45, 2.75) is 32.4 Å². The minimum absolute atomic E-state index is 0.312. The molecule has 3 unspecified atom stereocenters. The molecule has 0 aliphatic carbocycles. The molecule has 1 aliphatic heterocycles. The second-order valence-electron chi connectivity index (χ2n) is 4.74. The Labute approximate surface area is 106 Å². The molecule has 3 atom stereocenters. The summed E-state index contributed by atoms with van der Waals surface area (Å²) < 4.78 is 0.872. The van der Waals surface area contributed by atoms with Crippen molar-refractivity contribution in [2.24, 2.45) is 11.7 Å². The van der Waals surface area contributed by atoms with Gasteiger partial charge in [-0.15, -0.1) is 11.3 Å². The van der Waals surface area contributed by atoms with Crippen molar-refractivity contribution < 1.29 is 0 Å². The molecule has 0 aromatic carbocycles. The van der Waals surface area contributed by atoms with E-state index in [4.69, 9.17) is 17.3 Å². The number of thiophene rings is 1. The fourth-order valence-electron chi connectivity index (χ4n) is 2.21. The highest BCUT2D eigenvalue weighted by molar-refractivity contribution is 7.16. The lowest BCUT2D eigenvalue weighted by Gasteiger charge is -2.38. The molecule has 2 rings (SSSR count). The summed E-state index contributed by atoms with van der Waals surface area (Å²) >= 11 is 7.65. The number of hydrogen-bond donors (Lipinski definition) is 1. The molecule has 1 saturated heterocycles. The third-order valence-corrected chi connectivity index (χ3v) is 5.00. The van der Waals surface area contributed by atoms with Crippen molar-refractivity contribution in [3.63, 3.8) is 0 Å². The summed E-state index contributed by atoms with van der Waals surface area (Å²) in [5, 5.41) is 0. The second-order valence-corrected chi connectivity index (χ2v) is 6.49. The van der Waals surface area contributed by atoms with E-state index in [1.54, 1.807) is 11.3 Å². The largest absolute Gasteiger partial charge is 0.326 e. The number of hydrogen-bond acceptors (Lipinski definition) is 3. The van der Waals surface area contributed by atoms with Crippen LogP contribution in [0.15, 0.2) is 12.1 Å². The number of halogens is 1. The summed E-state index contributed by atoms with van der Waals surface area (Å²) in [5.74, 6) is 0.648. The fourth-order valence-corrected chi connectivity index (χ4v) is 3.36. The molecule has 16 heavy (non-hydrogen) atoms. The van der Waals surface area contributed by atoms with Crippen molar-refractivity contribution in [3.8, 4) is 0 Å². The molecule has 0 radical (unpaired) electrons. The van der Waals surface area contributed by atoms with Gasteiger partial charge in [-0.1, -0.05) is 18.5 Å². The van der Waals surface area contributed by atoms with Crippen LogP contribution in [0.2, 0.25) is 4.34 Å². The quantitative estimate of drug-likeness (QED) is 0.883. The highest BCUT2D eigenvalue weighted by atomic mass is 35.5. The van der Waals surface area contributed by atoms with Crippen LogP contribution in [-0.2, 0) is 0 Å². The van der Waals surface area contributed by atoms with Crippen LogP contribution >= 0.6 is 22.9 Å². The maximum atomic E-state index is 6.13. The van der Waals surface area contributed by atoms with Crippen molar-refractivity contribution in [3.05, 3.63) is 21.3 Å². The minimum Gasteiger partial charge on any atom is -0.326 e. The molecule has 1 aliphatic rings. The first-order chi connectivity index (χ1) is 7.58. The smallest absolute Gasteiger partial charge is 0.0931 e. The summed E-state index contributed by atoms with van der Waals surface area (Å²) in [4.78, 5) is 3.80. The van der Waals surface area contributed by atoms with Crippen molar-refractivity contribution in [2.75, 3.05) is 13.1 Å². The first-order valence-electron chi connectivity index (χ1n) is 5.83. The van der Waals surface area contributed by atoms with Crippen LogP contribution < -0.4 is 5.73 Å². The van der Waals surface area contributed by atoms with Gasteiger partial charge in [-0.05, 0) is 37.9 Å². The van der Waals surface area contributed by atoms with E-state index in [2.05, 4.69) is 24.8 Å². The van der Waals surface area contributed by atoms with Crippen LogP contribution in [0.25, 0.3) is 0 Å². The molecule has 0 bridgehead atoms. The fraction of sp³-hybridized carbons (Fsp3) is 0.667. The van der Waals surface area contributed by atoms with E-state index in [1.165, 1.54) is 11.3 Å². The Balaban J connectivity index is 2.02. The van der Waals surface area contributed by atoms with Gasteiger partial charge in [0.15, 0.2) is 0 Å². The lowest BCUT2D eigenvalue weighted by molar-refractivity contribution is 0.130. The first-order valence-corrected chi connectivity index (χ1v) is 7.02. The molecule has 1 fully saturated rings. The maximum absolute atomic E-state index is 6.13. The first kappa shape index (κ1) is 12.4. The molecular weight excluding hydrogens is 240 g/mol. The SMILES string of the molecule is CC1CCN(C(C)c2ccc(Cl)s2)CC1N. The minimum atomic E-state index is 0.312. The van der Waals surface area contributed by atoms with E-state index in [9.17, 15) is 0 Å². The maximum Gasteiger partial charge on any atom is 0.0931 e. The van der Waals surface area contributed by atoms with Crippen LogP contribution in [0, 0.1) is 5.92 Å². The number of nitrogens with two attached hydrogens (primary N) is 1. The highest BCUT2D eigenvalue weighted by Crippen LogP contribution is 2.32. The average molecular weight is 259 g/mol. The summed E-state index contributed by atoms with van der Waals surface area (Å²) in [6.07, 6.45) is 1.20. The van der Waals surface area contributed by atoms with Gasteiger partial charge in [0.25, 0.3) is 0 Å². The topological polar surface area (TPSA) is 29.3 Å². The van der Waals surface area contributed by atoms with E-state index in [-0.39, 0.29) is 0 Å². The second kappa shape index (κ2) is 5.05. The molecule has 2 heterocycles. The zero-order valence-electron chi connectivity index (χ0n) is 9.82. The Hall–Kier alpha value is -0.0900. The van der Waals surface area contributed by atoms with Crippen molar-refractivity contribution >= 4 is 22.9 Å². The Morgan fingerprint density at radius 2 is 2.31 bits per heavy atom. The molecule has 4 heteroatoms. The van der Waals surface area contributed by atoms with Gasteiger partial charge in [0, 0.05) is 23.5 Å². The van der Waals surface area contributed by atoms with Gasteiger partial charge in [-0.2, -0.15) is 0 Å². The zero-order valence-corrected chi connectivity index (χ0v) is 11.4. The van der Waals surface area contributed by atoms with Crippen LogP contribution in [0.5, 0.6) is 0 Å². The Kier molecular flexibility index (Phi) is 3.90. The third-order valence-electron chi connectivity index (χ3n) is 3.60. The molecule has 0 amide bonds. The Morgan fingerprint density at radius 3 is 2.88 bits per heavy atom. The van der Waals surface area contributed by atoms with Crippen molar-refractivity contribution in [1.29, 1.82) is 0 Å². The Morgan fingerprint density at radius 1 is 1.56 bits per heavy atom. The zero-order chi connectivity index (χ0) is 11.7. The van der Waals surface area contributed by atoms with Crippen LogP contribution in [0.4, 0.5) is 0 Å². The average Bonchev–Trinajstić information content (AvgIpc) is 2.68. The highest BCUT2D eigenvalue weighted by Gasteiger charge is 2.27. The van der Waals surface area contributed by atoms with E-state index >= 15 is 0 Å². The van der Waals surface area contributed by atoms with E-state index in [0.29, 0.717) is 18.0 Å². The predicted octanol–water partition coefficient (Wildman–Crippen LogP) is 3.13. The summed E-state index contributed by atoms with van der Waals surface area (Å²) in [6.45, 7) is 6.63. The molecule has 0 saturated carbocycles. The van der Waals surface area contributed by atoms with Crippen molar-refractivity contribution in [1.82, 2.24) is 4.90 Å². The Bertz CT molecular complexity index is 353. The molecule has 1 aromatic heterocycles. The molecular formula is C12H19ClN2S. The molecule has 2 nitrogen and oxygen atoms in total. The molecule has 1 aromatic rings. The van der Waals surface area contributed by atoms with Gasteiger partial charge in [-0.25, -0.2) is 0 Å². The standard InChI is InChI=1S/C12H19ClN2S/c1-8-5-6-15(7-10(8)14)9(2)11-3-4-12(13)16-11/h3-4,8-10H,5-7,14H2,1-2H3. The number of piperidine rings is 1. The van der Waals surface area contributed by atoms with Gasteiger partial charge in [-0.3, -0.25) is 4.90 Å². The van der Waals surface area contributed by atoms with Gasteiger partial charge < -0.3 is 5.73 Å². The van der Waals surface area contributed by atoms with Gasteiger partial charge in [0.05, 0.1) is 4.34 Å². The van der Waals surface area contributed by atoms with Gasteiger partial charge >= 0.3 is 0 Å². The predicted molar refractivity (Wildman–Crippen MR) is 71.1 cm³/mol. The lowest BCUT2D eigenvalue weighted by atomic mass is 9.93. The number of rotatable bonds is 2. The third kappa shape index (κ3) is 2.59. The van der Waals surface area contributed by atoms with Crippen LogP contribution in [0.1, 0.15) is 31.2 Å². The van der Waals surface area contributed by atoms with E-state index in [0.717, 1.165) is 17.4 Å². The molecule has 0 spiro atoms.